The lowest BCUT2D eigenvalue weighted by molar-refractivity contribution is 0.123. The summed E-state index contributed by atoms with van der Waals surface area (Å²) in [6.07, 6.45) is 7.06. The molecule has 19 heavy (non-hydrogen) atoms. The number of nitrogens with one attached hydrogen (secondary N) is 1. The van der Waals surface area contributed by atoms with E-state index in [2.05, 4.69) is 27.1 Å². The van der Waals surface area contributed by atoms with Gasteiger partial charge in [-0.3, -0.25) is 0 Å². The number of aromatic nitrogens is 2. The molecule has 5 heteroatoms. The highest BCUT2D eigenvalue weighted by atomic mass is 16.3. The van der Waals surface area contributed by atoms with Crippen molar-refractivity contribution in [1.29, 1.82) is 0 Å². The minimum atomic E-state index is 0.311. The molecule has 2 rings (SSSR count). The molecule has 1 atom stereocenters. The van der Waals surface area contributed by atoms with E-state index in [4.69, 9.17) is 0 Å². The van der Waals surface area contributed by atoms with Crippen LogP contribution in [-0.2, 0) is 6.42 Å². The Morgan fingerprint density at radius 3 is 2.89 bits per heavy atom. The first-order valence-electron chi connectivity index (χ1n) is 7.19. The largest absolute Gasteiger partial charge is 0.396 e. The number of likely N-dealkylation sites (tertiary alicyclic amines) is 1. The first-order valence-corrected chi connectivity index (χ1v) is 7.19. The van der Waals surface area contributed by atoms with Crippen LogP contribution < -0.4 is 5.32 Å². The van der Waals surface area contributed by atoms with Crippen molar-refractivity contribution in [3.05, 3.63) is 18.0 Å². The van der Waals surface area contributed by atoms with Gasteiger partial charge < -0.3 is 15.3 Å². The first-order chi connectivity index (χ1) is 9.31. The highest BCUT2D eigenvalue weighted by Gasteiger charge is 2.18. The van der Waals surface area contributed by atoms with Crippen LogP contribution in [0.1, 0.15) is 25.3 Å². The minimum absolute atomic E-state index is 0.311. The predicted molar refractivity (Wildman–Crippen MR) is 76.1 cm³/mol. The number of hydrogen-bond acceptors (Lipinski definition) is 5. The molecule has 0 radical (unpaired) electrons. The van der Waals surface area contributed by atoms with Gasteiger partial charge in [0.1, 0.15) is 0 Å². The summed E-state index contributed by atoms with van der Waals surface area (Å²) in [6, 6.07) is 0. The fourth-order valence-electron chi connectivity index (χ4n) is 2.46. The van der Waals surface area contributed by atoms with E-state index in [1.54, 1.807) is 0 Å². The predicted octanol–water partition coefficient (Wildman–Crippen LogP) is 1.16. The second-order valence-electron chi connectivity index (χ2n) is 5.19. The molecule has 0 spiro atoms. The maximum atomic E-state index is 9.20. The van der Waals surface area contributed by atoms with E-state index in [0.29, 0.717) is 18.5 Å². The molecule has 1 saturated heterocycles. The van der Waals surface area contributed by atoms with Crippen LogP contribution in [0.2, 0.25) is 0 Å². The van der Waals surface area contributed by atoms with Crippen LogP contribution in [0.4, 0.5) is 5.95 Å². The van der Waals surface area contributed by atoms with Gasteiger partial charge >= 0.3 is 0 Å². The van der Waals surface area contributed by atoms with Crippen molar-refractivity contribution in [2.75, 3.05) is 38.1 Å². The molecular weight excluding hydrogens is 240 g/mol. The summed E-state index contributed by atoms with van der Waals surface area (Å²) < 4.78 is 0. The van der Waals surface area contributed by atoms with E-state index in [-0.39, 0.29) is 0 Å². The average Bonchev–Trinajstić information content (AvgIpc) is 2.48. The highest BCUT2D eigenvalue weighted by Crippen LogP contribution is 2.15. The molecule has 1 fully saturated rings. The molecule has 0 aliphatic carbocycles. The Hall–Kier alpha value is -1.20. The van der Waals surface area contributed by atoms with Crippen LogP contribution in [-0.4, -0.2) is 52.8 Å². The fraction of sp³-hybridized carbons (Fsp3) is 0.714. The van der Waals surface area contributed by atoms with E-state index in [9.17, 15) is 5.11 Å². The van der Waals surface area contributed by atoms with Crippen LogP contribution in [0, 0.1) is 5.92 Å². The highest BCUT2D eigenvalue weighted by molar-refractivity contribution is 5.24. The summed E-state index contributed by atoms with van der Waals surface area (Å²) in [5.74, 6) is 1.15. The Bertz CT molecular complexity index is 368. The Balaban J connectivity index is 1.70. The van der Waals surface area contributed by atoms with Crippen molar-refractivity contribution >= 4 is 5.95 Å². The number of nitrogens with zero attached hydrogens (tertiary/aromatic N) is 3. The summed E-state index contributed by atoms with van der Waals surface area (Å²) >= 11 is 0. The third kappa shape index (κ3) is 4.44. The van der Waals surface area contributed by atoms with Crippen molar-refractivity contribution in [3.8, 4) is 0 Å². The van der Waals surface area contributed by atoms with Crippen molar-refractivity contribution in [3.63, 3.8) is 0 Å². The Labute approximate surface area is 115 Å². The maximum absolute atomic E-state index is 9.20. The lowest BCUT2D eigenvalue weighted by atomic mass is 9.99. The normalized spacial score (nSPS) is 20.4. The van der Waals surface area contributed by atoms with E-state index in [0.717, 1.165) is 44.6 Å². The molecule has 1 aliphatic heterocycles. The van der Waals surface area contributed by atoms with Crippen molar-refractivity contribution in [2.45, 2.75) is 26.2 Å². The number of aliphatic hydroxyl groups is 1. The minimum Gasteiger partial charge on any atom is -0.396 e. The summed E-state index contributed by atoms with van der Waals surface area (Å²) in [5, 5.41) is 12.4. The van der Waals surface area contributed by atoms with Crippen LogP contribution >= 0.6 is 0 Å². The van der Waals surface area contributed by atoms with Gasteiger partial charge in [0.25, 0.3) is 0 Å². The molecule has 0 saturated carbocycles. The first kappa shape index (κ1) is 14.2. The molecule has 0 unspecified atom stereocenters. The van der Waals surface area contributed by atoms with E-state index < -0.39 is 0 Å². The summed E-state index contributed by atoms with van der Waals surface area (Å²) in [6.45, 7) is 6.38. The Kier molecular flexibility index (Phi) is 5.54. The smallest absolute Gasteiger partial charge is 0.222 e. The molecule has 0 amide bonds. The zero-order valence-electron chi connectivity index (χ0n) is 11.7. The quantitative estimate of drug-likeness (QED) is 0.807. The molecule has 1 aromatic heterocycles. The van der Waals surface area contributed by atoms with Gasteiger partial charge in [-0.25, -0.2) is 9.97 Å². The van der Waals surface area contributed by atoms with Gasteiger partial charge in [0.2, 0.25) is 5.95 Å². The average molecular weight is 264 g/mol. The lowest BCUT2D eigenvalue weighted by Crippen LogP contribution is -2.39. The lowest BCUT2D eigenvalue weighted by Gasteiger charge is -2.31. The molecule has 2 heterocycles. The van der Waals surface area contributed by atoms with Gasteiger partial charge in [0.15, 0.2) is 0 Å². The SMILES string of the molecule is CCc1cnc(NCCN2CCC[C@H](CO)C2)nc1. The molecule has 2 N–H and O–H groups in total. The number of rotatable bonds is 6. The second kappa shape index (κ2) is 7.40. The number of hydrogen-bond donors (Lipinski definition) is 2. The molecule has 1 aromatic rings. The topological polar surface area (TPSA) is 61.3 Å². The van der Waals surface area contributed by atoms with E-state index in [1.807, 2.05) is 12.4 Å². The van der Waals surface area contributed by atoms with Gasteiger partial charge in [-0.1, -0.05) is 6.92 Å². The zero-order valence-corrected chi connectivity index (χ0v) is 11.7. The zero-order chi connectivity index (χ0) is 13.5. The summed E-state index contributed by atoms with van der Waals surface area (Å²) in [4.78, 5) is 11.0. The Morgan fingerprint density at radius 1 is 1.42 bits per heavy atom. The Morgan fingerprint density at radius 2 is 2.21 bits per heavy atom. The number of piperidine rings is 1. The third-order valence-electron chi connectivity index (χ3n) is 3.69. The third-order valence-corrected chi connectivity index (χ3v) is 3.69. The standard InChI is InChI=1S/C14H24N4O/c1-2-12-8-16-14(17-9-12)15-5-7-18-6-3-4-13(10-18)11-19/h8-9,13,19H,2-7,10-11H2,1H3,(H,15,16,17)/t13-/m0/s1. The molecular formula is C14H24N4O. The monoisotopic (exact) mass is 264 g/mol. The van der Waals surface area contributed by atoms with E-state index in [1.165, 1.54) is 6.42 Å². The molecule has 0 aromatic carbocycles. The van der Waals surface area contributed by atoms with Gasteiger partial charge in [-0.05, 0) is 37.3 Å². The maximum Gasteiger partial charge on any atom is 0.222 e. The fourth-order valence-corrected chi connectivity index (χ4v) is 2.46. The number of aliphatic hydroxyl groups excluding tert-OH is 1. The molecule has 1 aliphatic rings. The summed E-state index contributed by atoms with van der Waals surface area (Å²) in [7, 11) is 0. The molecule has 5 nitrogen and oxygen atoms in total. The molecule has 0 bridgehead atoms. The van der Waals surface area contributed by atoms with Crippen LogP contribution in [0.25, 0.3) is 0 Å². The van der Waals surface area contributed by atoms with E-state index >= 15 is 0 Å². The molecule has 106 valence electrons. The van der Waals surface area contributed by atoms with Crippen LogP contribution in [0.5, 0.6) is 0 Å². The van der Waals surface area contributed by atoms with Crippen LogP contribution in [0.3, 0.4) is 0 Å². The van der Waals surface area contributed by atoms with Crippen molar-refractivity contribution in [1.82, 2.24) is 14.9 Å². The van der Waals surface area contributed by atoms with Gasteiger partial charge in [-0.2, -0.15) is 0 Å². The number of anilines is 1. The van der Waals surface area contributed by atoms with Crippen molar-refractivity contribution in [2.24, 2.45) is 5.92 Å². The number of aryl methyl sites for hydroxylation is 1. The van der Waals surface area contributed by atoms with Gasteiger partial charge in [0.05, 0.1) is 0 Å². The second-order valence-corrected chi connectivity index (χ2v) is 5.19. The van der Waals surface area contributed by atoms with Crippen molar-refractivity contribution < 1.29 is 5.11 Å². The van der Waals surface area contributed by atoms with Gasteiger partial charge in [0, 0.05) is 38.6 Å². The summed E-state index contributed by atoms with van der Waals surface area (Å²) in [5.41, 5.74) is 1.16. The van der Waals surface area contributed by atoms with Crippen LogP contribution in [0.15, 0.2) is 12.4 Å². The van der Waals surface area contributed by atoms with Gasteiger partial charge in [-0.15, -0.1) is 0 Å².